The van der Waals surface area contributed by atoms with Crippen LogP contribution in [0.15, 0.2) is 0 Å². The highest BCUT2D eigenvalue weighted by Crippen LogP contribution is 2.07. The first kappa shape index (κ1) is 26.3. The monoisotopic (exact) mass is 417 g/mol. The number of rotatable bonds is 20. The van der Waals surface area contributed by atoms with Crippen molar-refractivity contribution >= 4 is 5.97 Å². The fourth-order valence-corrected chi connectivity index (χ4v) is 3.11. The van der Waals surface area contributed by atoms with E-state index in [4.69, 9.17) is 23.7 Å². The lowest BCUT2D eigenvalue weighted by molar-refractivity contribution is -0.145. The fraction of sp³-hybridized carbons (Fsp3) is 0.955. The highest BCUT2D eigenvalue weighted by molar-refractivity contribution is 5.69. The number of unbranched alkanes of at least 4 members (excludes halogenated alkanes) is 5. The maximum atomic E-state index is 11.6. The van der Waals surface area contributed by atoms with Gasteiger partial charge >= 0.3 is 5.97 Å². The number of hydrogen-bond acceptors (Lipinski definition) is 7. The zero-order chi connectivity index (χ0) is 20.8. The Balaban J connectivity index is 1.70. The number of ether oxygens (including phenoxy) is 5. The summed E-state index contributed by atoms with van der Waals surface area (Å²) < 4.78 is 27.3. The van der Waals surface area contributed by atoms with Crippen molar-refractivity contribution in [2.75, 3.05) is 65.9 Å². The molecule has 0 aromatic rings. The summed E-state index contributed by atoms with van der Waals surface area (Å²) in [6.45, 7) is 8.38. The minimum absolute atomic E-state index is 0.123. The van der Waals surface area contributed by atoms with Gasteiger partial charge in [-0.2, -0.15) is 0 Å². The van der Waals surface area contributed by atoms with Crippen molar-refractivity contribution in [3.05, 3.63) is 0 Å². The number of hydrogen-bond donors (Lipinski definition) is 1. The van der Waals surface area contributed by atoms with Gasteiger partial charge in [0.2, 0.25) is 0 Å². The van der Waals surface area contributed by atoms with E-state index in [9.17, 15) is 4.79 Å². The molecule has 7 nitrogen and oxygen atoms in total. The molecule has 1 rings (SSSR count). The van der Waals surface area contributed by atoms with Crippen molar-refractivity contribution in [1.29, 1.82) is 0 Å². The molecule has 1 fully saturated rings. The number of esters is 1. The van der Waals surface area contributed by atoms with Crippen molar-refractivity contribution in [3.8, 4) is 0 Å². The van der Waals surface area contributed by atoms with Crippen LogP contribution in [0, 0.1) is 0 Å². The fourth-order valence-electron chi connectivity index (χ4n) is 3.11. The normalized spacial score (nSPS) is 14.9. The predicted molar refractivity (Wildman–Crippen MR) is 113 cm³/mol. The summed E-state index contributed by atoms with van der Waals surface area (Å²) in [5.74, 6) is -0.123. The van der Waals surface area contributed by atoms with Crippen LogP contribution in [0.5, 0.6) is 0 Å². The summed E-state index contributed by atoms with van der Waals surface area (Å²) >= 11 is 0. The molecule has 172 valence electrons. The van der Waals surface area contributed by atoms with E-state index in [1.807, 2.05) is 0 Å². The van der Waals surface area contributed by atoms with Crippen LogP contribution in [-0.4, -0.2) is 78.0 Å². The van der Waals surface area contributed by atoms with Crippen LogP contribution in [0.1, 0.15) is 64.7 Å². The van der Waals surface area contributed by atoms with Crippen LogP contribution in [0.2, 0.25) is 0 Å². The van der Waals surface area contributed by atoms with Crippen LogP contribution in [0.4, 0.5) is 0 Å². The Morgan fingerprint density at radius 1 is 0.759 bits per heavy atom. The van der Waals surface area contributed by atoms with Gasteiger partial charge in [-0.15, -0.1) is 0 Å². The van der Waals surface area contributed by atoms with Gasteiger partial charge in [0, 0.05) is 6.42 Å². The summed E-state index contributed by atoms with van der Waals surface area (Å²) in [5, 5.41) is 3.32. The largest absolute Gasteiger partial charge is 0.463 e. The van der Waals surface area contributed by atoms with Crippen molar-refractivity contribution in [1.82, 2.24) is 5.32 Å². The third-order valence-corrected chi connectivity index (χ3v) is 4.84. The second-order valence-electron chi connectivity index (χ2n) is 7.40. The third-order valence-electron chi connectivity index (χ3n) is 4.84. The molecule has 1 N–H and O–H groups in total. The average molecular weight is 418 g/mol. The van der Waals surface area contributed by atoms with E-state index in [0.717, 1.165) is 38.8 Å². The van der Waals surface area contributed by atoms with Gasteiger partial charge in [-0.05, 0) is 32.4 Å². The van der Waals surface area contributed by atoms with Crippen LogP contribution >= 0.6 is 0 Å². The molecule has 1 saturated heterocycles. The van der Waals surface area contributed by atoms with Crippen molar-refractivity contribution < 1.29 is 28.5 Å². The number of carbonyl (C=O) groups excluding carboxylic acids is 1. The van der Waals surface area contributed by atoms with Gasteiger partial charge in [-0.1, -0.05) is 39.0 Å². The van der Waals surface area contributed by atoms with Crippen LogP contribution < -0.4 is 5.32 Å². The first-order chi connectivity index (χ1) is 14.3. The lowest BCUT2D eigenvalue weighted by atomic mass is 10.1. The SMILES string of the molecule is CCCCCCCCC(=O)OCCOCCOCCOCCOC1CCNCC1. The third kappa shape index (κ3) is 17.8. The lowest BCUT2D eigenvalue weighted by Gasteiger charge is -2.22. The Morgan fingerprint density at radius 3 is 1.97 bits per heavy atom. The summed E-state index contributed by atoms with van der Waals surface area (Å²) in [6, 6.07) is 0. The zero-order valence-electron chi connectivity index (χ0n) is 18.5. The van der Waals surface area contributed by atoms with E-state index >= 15 is 0 Å². The average Bonchev–Trinajstić information content (AvgIpc) is 2.74. The van der Waals surface area contributed by atoms with Crippen LogP contribution in [0.3, 0.4) is 0 Å². The highest BCUT2D eigenvalue weighted by atomic mass is 16.6. The standard InChI is InChI=1S/C22H43NO6/c1-2-3-4-5-6-7-8-22(24)29-20-18-27-16-14-25-13-15-26-17-19-28-21-9-11-23-12-10-21/h21,23H,2-20H2,1H3. The van der Waals surface area contributed by atoms with Crippen molar-refractivity contribution in [3.63, 3.8) is 0 Å². The molecule has 1 aliphatic rings. The Bertz CT molecular complexity index is 363. The van der Waals surface area contributed by atoms with Crippen molar-refractivity contribution in [2.24, 2.45) is 0 Å². The molecule has 0 bridgehead atoms. The molecule has 0 aliphatic carbocycles. The Hall–Kier alpha value is -0.730. The van der Waals surface area contributed by atoms with Crippen LogP contribution in [0.25, 0.3) is 0 Å². The molecule has 0 radical (unpaired) electrons. The molecule has 0 aromatic heterocycles. The molecule has 1 aliphatic heterocycles. The summed E-state index contributed by atoms with van der Waals surface area (Å²) in [6.07, 6.45) is 10.1. The summed E-state index contributed by atoms with van der Waals surface area (Å²) in [4.78, 5) is 11.6. The lowest BCUT2D eigenvalue weighted by Crippen LogP contribution is -2.33. The van der Waals surface area contributed by atoms with Crippen molar-refractivity contribution in [2.45, 2.75) is 70.8 Å². The molecular formula is C22H43NO6. The Labute approximate surface area is 177 Å². The van der Waals surface area contributed by atoms with E-state index in [2.05, 4.69) is 12.2 Å². The molecule has 0 amide bonds. The second kappa shape index (κ2) is 20.5. The van der Waals surface area contributed by atoms with Gasteiger partial charge in [-0.3, -0.25) is 4.79 Å². The van der Waals surface area contributed by atoms with Crippen LogP contribution in [-0.2, 0) is 28.5 Å². The first-order valence-corrected chi connectivity index (χ1v) is 11.5. The number of piperidine rings is 1. The highest BCUT2D eigenvalue weighted by Gasteiger charge is 2.12. The molecule has 0 aromatic carbocycles. The van der Waals surface area contributed by atoms with Gasteiger partial charge < -0.3 is 29.0 Å². The first-order valence-electron chi connectivity index (χ1n) is 11.5. The smallest absolute Gasteiger partial charge is 0.305 e. The van der Waals surface area contributed by atoms with Gasteiger partial charge in [0.15, 0.2) is 0 Å². The van der Waals surface area contributed by atoms with E-state index in [1.165, 1.54) is 25.7 Å². The molecular weight excluding hydrogens is 374 g/mol. The second-order valence-corrected chi connectivity index (χ2v) is 7.40. The number of nitrogens with one attached hydrogen (secondary N) is 1. The molecule has 0 saturated carbocycles. The van der Waals surface area contributed by atoms with Gasteiger partial charge in [0.25, 0.3) is 0 Å². The van der Waals surface area contributed by atoms with E-state index in [0.29, 0.717) is 65.4 Å². The van der Waals surface area contributed by atoms with E-state index in [1.54, 1.807) is 0 Å². The Kier molecular flexibility index (Phi) is 18.6. The Morgan fingerprint density at radius 2 is 1.31 bits per heavy atom. The van der Waals surface area contributed by atoms with Gasteiger partial charge in [0.1, 0.15) is 6.61 Å². The topological polar surface area (TPSA) is 75.3 Å². The molecule has 1 heterocycles. The molecule has 0 unspecified atom stereocenters. The van der Waals surface area contributed by atoms with Gasteiger partial charge in [0.05, 0.1) is 52.4 Å². The van der Waals surface area contributed by atoms with E-state index in [-0.39, 0.29) is 5.97 Å². The molecule has 0 spiro atoms. The molecule has 7 heteroatoms. The maximum absolute atomic E-state index is 11.6. The quantitative estimate of drug-likeness (QED) is 0.241. The minimum atomic E-state index is -0.123. The predicted octanol–water partition coefficient (Wildman–Crippen LogP) is 3.10. The molecule has 29 heavy (non-hydrogen) atoms. The summed E-state index contributed by atoms with van der Waals surface area (Å²) in [7, 11) is 0. The van der Waals surface area contributed by atoms with Gasteiger partial charge in [-0.25, -0.2) is 0 Å². The summed E-state index contributed by atoms with van der Waals surface area (Å²) in [5.41, 5.74) is 0. The minimum Gasteiger partial charge on any atom is -0.463 e. The maximum Gasteiger partial charge on any atom is 0.305 e. The van der Waals surface area contributed by atoms with E-state index < -0.39 is 0 Å². The zero-order valence-corrected chi connectivity index (χ0v) is 18.5. The molecule has 0 atom stereocenters. The number of carbonyl (C=O) groups is 1.